The van der Waals surface area contributed by atoms with Crippen LogP contribution in [0.25, 0.3) is 0 Å². The van der Waals surface area contributed by atoms with Crippen LogP contribution in [0.4, 0.5) is 0 Å². The molecule has 1 aromatic rings. The van der Waals surface area contributed by atoms with Crippen molar-refractivity contribution in [3.8, 4) is 11.5 Å². The summed E-state index contributed by atoms with van der Waals surface area (Å²) < 4.78 is 15.7. The van der Waals surface area contributed by atoms with E-state index in [0.717, 1.165) is 49.3 Å². The van der Waals surface area contributed by atoms with Gasteiger partial charge in [0.2, 0.25) is 0 Å². The Kier molecular flexibility index (Phi) is 13.3. The van der Waals surface area contributed by atoms with Crippen molar-refractivity contribution >= 4 is 29.9 Å². The third-order valence-corrected chi connectivity index (χ3v) is 3.63. The molecule has 0 bridgehead atoms. The third kappa shape index (κ3) is 9.13. The first kappa shape index (κ1) is 23.7. The molecule has 2 N–H and O–H groups in total. The van der Waals surface area contributed by atoms with Crippen molar-refractivity contribution in [2.75, 3.05) is 61.7 Å². The molecule has 8 heteroatoms. The Bertz CT molecular complexity index is 515. The zero-order chi connectivity index (χ0) is 17.8. The molecule has 0 unspecified atom stereocenters. The number of nitrogens with one attached hydrogen (secondary N) is 2. The number of rotatable bonds is 10. The standard InChI is InChI=1S/C17H30N4O3.HI/c1-18-17(19-8-9-21(2)10-11-22-3)20-13-14-6-7-15(23-4)12-16(14)24-5;/h6-7,12H,8-11,13H2,1-5H3,(H2,18,19,20);1H. The van der Waals surface area contributed by atoms with E-state index in [1.165, 1.54) is 0 Å². The largest absolute Gasteiger partial charge is 0.497 e. The van der Waals surface area contributed by atoms with E-state index in [9.17, 15) is 0 Å². The van der Waals surface area contributed by atoms with Crippen LogP contribution in [-0.2, 0) is 11.3 Å². The van der Waals surface area contributed by atoms with Crippen molar-refractivity contribution in [3.05, 3.63) is 23.8 Å². The highest BCUT2D eigenvalue weighted by Crippen LogP contribution is 2.24. The number of hydrogen-bond acceptors (Lipinski definition) is 5. The van der Waals surface area contributed by atoms with Gasteiger partial charge in [-0.3, -0.25) is 4.99 Å². The van der Waals surface area contributed by atoms with Crippen LogP contribution in [0.2, 0.25) is 0 Å². The highest BCUT2D eigenvalue weighted by Gasteiger charge is 2.06. The fourth-order valence-corrected chi connectivity index (χ4v) is 2.12. The van der Waals surface area contributed by atoms with E-state index in [0.29, 0.717) is 6.54 Å². The number of likely N-dealkylation sites (N-methyl/N-ethyl adjacent to an activating group) is 1. The van der Waals surface area contributed by atoms with E-state index in [-0.39, 0.29) is 24.0 Å². The lowest BCUT2D eigenvalue weighted by Crippen LogP contribution is -2.41. The molecule has 25 heavy (non-hydrogen) atoms. The molecule has 7 nitrogen and oxygen atoms in total. The SMILES string of the molecule is CN=C(NCCN(C)CCOC)NCc1ccc(OC)cc1OC.I. The average molecular weight is 466 g/mol. The van der Waals surface area contributed by atoms with E-state index >= 15 is 0 Å². The van der Waals surface area contributed by atoms with Gasteiger partial charge < -0.3 is 29.7 Å². The Balaban J connectivity index is 0.00000576. The van der Waals surface area contributed by atoms with Crippen LogP contribution < -0.4 is 20.1 Å². The van der Waals surface area contributed by atoms with Crippen molar-refractivity contribution in [2.45, 2.75) is 6.54 Å². The summed E-state index contributed by atoms with van der Waals surface area (Å²) in [4.78, 5) is 6.44. The average Bonchev–Trinajstić information content (AvgIpc) is 2.62. The second-order valence-corrected chi connectivity index (χ2v) is 5.33. The summed E-state index contributed by atoms with van der Waals surface area (Å²) in [5, 5.41) is 6.59. The quantitative estimate of drug-likeness (QED) is 0.310. The lowest BCUT2D eigenvalue weighted by atomic mass is 10.2. The minimum atomic E-state index is 0. The van der Waals surface area contributed by atoms with Gasteiger partial charge in [-0.25, -0.2) is 0 Å². The zero-order valence-corrected chi connectivity index (χ0v) is 18.1. The number of benzene rings is 1. The number of aliphatic imine (C=N–C) groups is 1. The molecular weight excluding hydrogens is 435 g/mol. The van der Waals surface area contributed by atoms with Crippen LogP contribution >= 0.6 is 24.0 Å². The molecule has 0 aliphatic rings. The summed E-state index contributed by atoms with van der Waals surface area (Å²) in [6.45, 7) is 3.98. The van der Waals surface area contributed by atoms with Gasteiger partial charge >= 0.3 is 0 Å². The predicted molar refractivity (Wildman–Crippen MR) is 113 cm³/mol. The van der Waals surface area contributed by atoms with Crippen LogP contribution in [0.5, 0.6) is 11.5 Å². The Morgan fingerprint density at radius 1 is 1.12 bits per heavy atom. The van der Waals surface area contributed by atoms with Gasteiger partial charge in [0, 0.05) is 52.0 Å². The number of halogens is 1. The van der Waals surface area contributed by atoms with Gasteiger partial charge in [0.05, 0.1) is 20.8 Å². The van der Waals surface area contributed by atoms with Crippen molar-refractivity contribution in [3.63, 3.8) is 0 Å². The Morgan fingerprint density at radius 2 is 1.88 bits per heavy atom. The van der Waals surface area contributed by atoms with Gasteiger partial charge in [-0.15, -0.1) is 24.0 Å². The van der Waals surface area contributed by atoms with Gasteiger partial charge in [0.15, 0.2) is 5.96 Å². The van der Waals surface area contributed by atoms with Crippen molar-refractivity contribution in [1.82, 2.24) is 15.5 Å². The first-order valence-corrected chi connectivity index (χ1v) is 7.97. The van der Waals surface area contributed by atoms with E-state index in [1.807, 2.05) is 18.2 Å². The number of guanidine groups is 1. The monoisotopic (exact) mass is 466 g/mol. The first-order valence-electron chi connectivity index (χ1n) is 7.97. The molecule has 1 rings (SSSR count). The topological polar surface area (TPSA) is 67.4 Å². The number of hydrogen-bond donors (Lipinski definition) is 2. The summed E-state index contributed by atoms with van der Waals surface area (Å²) >= 11 is 0. The van der Waals surface area contributed by atoms with Crippen molar-refractivity contribution in [1.29, 1.82) is 0 Å². The smallest absolute Gasteiger partial charge is 0.191 e. The lowest BCUT2D eigenvalue weighted by molar-refractivity contribution is 0.162. The van der Waals surface area contributed by atoms with Crippen LogP contribution in [0.1, 0.15) is 5.56 Å². The molecule has 0 atom stereocenters. The van der Waals surface area contributed by atoms with Gasteiger partial charge in [-0.2, -0.15) is 0 Å². The van der Waals surface area contributed by atoms with E-state index in [4.69, 9.17) is 14.2 Å². The van der Waals surface area contributed by atoms with E-state index in [1.54, 1.807) is 28.4 Å². The minimum Gasteiger partial charge on any atom is -0.497 e. The second kappa shape index (κ2) is 14.0. The molecule has 144 valence electrons. The summed E-state index contributed by atoms with van der Waals surface area (Å²) in [6.07, 6.45) is 0. The maximum absolute atomic E-state index is 5.41. The summed E-state index contributed by atoms with van der Waals surface area (Å²) in [6, 6.07) is 5.77. The summed E-state index contributed by atoms with van der Waals surface area (Å²) in [5.74, 6) is 2.32. The highest BCUT2D eigenvalue weighted by atomic mass is 127. The maximum Gasteiger partial charge on any atom is 0.191 e. The van der Waals surface area contributed by atoms with E-state index in [2.05, 4.69) is 27.6 Å². The maximum atomic E-state index is 5.41. The molecule has 0 aromatic heterocycles. The van der Waals surface area contributed by atoms with Crippen molar-refractivity contribution in [2.24, 2.45) is 4.99 Å². The Labute approximate surface area is 168 Å². The number of methoxy groups -OCH3 is 3. The van der Waals surface area contributed by atoms with Crippen molar-refractivity contribution < 1.29 is 14.2 Å². The molecular formula is C17H31IN4O3. The number of ether oxygens (including phenoxy) is 3. The van der Waals surface area contributed by atoms with Crippen LogP contribution in [0, 0.1) is 0 Å². The first-order chi connectivity index (χ1) is 11.6. The van der Waals surface area contributed by atoms with Crippen LogP contribution in [-0.4, -0.2) is 72.5 Å². The second-order valence-electron chi connectivity index (χ2n) is 5.33. The molecule has 0 saturated heterocycles. The molecule has 0 aliphatic carbocycles. The van der Waals surface area contributed by atoms with Gasteiger partial charge in [0.25, 0.3) is 0 Å². The normalized spacial score (nSPS) is 11.0. The molecule has 0 saturated carbocycles. The lowest BCUT2D eigenvalue weighted by Gasteiger charge is -2.18. The van der Waals surface area contributed by atoms with Crippen LogP contribution in [0.3, 0.4) is 0 Å². The van der Waals surface area contributed by atoms with E-state index < -0.39 is 0 Å². The fraction of sp³-hybridized carbons (Fsp3) is 0.588. The molecule has 0 aliphatic heterocycles. The summed E-state index contributed by atoms with van der Waals surface area (Å²) in [7, 11) is 8.84. The van der Waals surface area contributed by atoms with Gasteiger partial charge in [0.1, 0.15) is 11.5 Å². The fourth-order valence-electron chi connectivity index (χ4n) is 2.12. The molecule has 0 amide bonds. The van der Waals surface area contributed by atoms with Crippen LogP contribution in [0.15, 0.2) is 23.2 Å². The molecule has 0 heterocycles. The third-order valence-electron chi connectivity index (χ3n) is 3.63. The molecule has 0 spiro atoms. The Hall–Kier alpha value is -1.26. The molecule has 0 radical (unpaired) electrons. The minimum absolute atomic E-state index is 0. The van der Waals surface area contributed by atoms with Gasteiger partial charge in [-0.05, 0) is 19.2 Å². The Morgan fingerprint density at radius 3 is 2.48 bits per heavy atom. The molecule has 1 aromatic carbocycles. The van der Waals surface area contributed by atoms with Gasteiger partial charge in [-0.1, -0.05) is 0 Å². The predicted octanol–water partition coefficient (Wildman–Crippen LogP) is 1.56. The zero-order valence-electron chi connectivity index (χ0n) is 15.8. The highest BCUT2D eigenvalue weighted by molar-refractivity contribution is 14.0. The molecule has 0 fully saturated rings. The number of nitrogens with zero attached hydrogens (tertiary/aromatic N) is 2. The summed E-state index contributed by atoms with van der Waals surface area (Å²) in [5.41, 5.74) is 1.04.